The lowest BCUT2D eigenvalue weighted by atomic mass is 10.1. The normalized spacial score (nSPS) is 11.7. The molecule has 0 bridgehead atoms. The van der Waals surface area contributed by atoms with Gasteiger partial charge in [0.25, 0.3) is 0 Å². The molecule has 0 radical (unpaired) electrons. The second-order valence-corrected chi connectivity index (χ2v) is 8.05. The minimum atomic E-state index is -0.343. The Morgan fingerprint density at radius 2 is 1.54 bits per heavy atom. The van der Waals surface area contributed by atoms with Crippen molar-refractivity contribution in [3.05, 3.63) is 77.9 Å². The van der Waals surface area contributed by atoms with E-state index in [1.54, 1.807) is 13.0 Å². The second kappa shape index (κ2) is 6.39. The van der Waals surface area contributed by atoms with Gasteiger partial charge >= 0.3 is 5.97 Å². The van der Waals surface area contributed by atoms with Crippen molar-refractivity contribution in [1.29, 1.82) is 0 Å². The van der Waals surface area contributed by atoms with Gasteiger partial charge in [-0.25, -0.2) is 4.79 Å². The molecule has 0 aliphatic rings. The maximum Gasteiger partial charge on any atom is 0.338 e. The van der Waals surface area contributed by atoms with E-state index in [1.165, 1.54) is 16.7 Å². The van der Waals surface area contributed by atoms with Crippen molar-refractivity contribution in [2.24, 2.45) is 0 Å². The molecule has 0 fully saturated rings. The van der Waals surface area contributed by atoms with E-state index in [-0.39, 0.29) is 22.2 Å². The number of hydrogen-bond donors (Lipinski definition) is 0. The first-order chi connectivity index (χ1) is 12.6. The molecular formula is C22H17O3S+. The summed E-state index contributed by atoms with van der Waals surface area (Å²) in [6.45, 7) is 1.58. The zero-order valence-electron chi connectivity index (χ0n) is 14.5. The molecule has 4 heteroatoms. The summed E-state index contributed by atoms with van der Waals surface area (Å²) in [5.74, 6) is -0.295. The number of Topliss-reactive ketones (excluding diaryl/α,β-unsaturated/α-hetero) is 1. The third kappa shape index (κ3) is 2.59. The van der Waals surface area contributed by atoms with Gasteiger partial charge in [0.1, 0.15) is 0 Å². The Balaban J connectivity index is 2.13. The molecule has 3 nitrogen and oxygen atoms in total. The van der Waals surface area contributed by atoms with E-state index in [1.807, 2.05) is 48.5 Å². The van der Waals surface area contributed by atoms with Crippen LogP contribution >= 0.6 is 10.5 Å². The Hall–Kier alpha value is -2.98. The van der Waals surface area contributed by atoms with Crippen molar-refractivity contribution < 1.29 is 14.3 Å². The fourth-order valence-electron chi connectivity index (χ4n) is 3.22. The third-order valence-corrected chi connectivity index (χ3v) is 6.81. The molecule has 0 saturated carbocycles. The highest BCUT2D eigenvalue weighted by Gasteiger charge is 2.25. The minimum Gasteiger partial charge on any atom is -0.465 e. The number of ether oxygens (including phenoxy) is 1. The van der Waals surface area contributed by atoms with E-state index in [0.717, 1.165) is 15.5 Å². The quantitative estimate of drug-likeness (QED) is 0.266. The Kier molecular flexibility index (Phi) is 4.05. The van der Waals surface area contributed by atoms with Crippen LogP contribution in [0.5, 0.6) is 0 Å². The van der Waals surface area contributed by atoms with E-state index in [2.05, 4.69) is 12.1 Å². The topological polar surface area (TPSA) is 43.4 Å². The number of carbonyl (C=O) groups excluding carboxylic acids is 2. The number of thiophene rings is 1. The van der Waals surface area contributed by atoms with E-state index in [0.29, 0.717) is 11.1 Å². The predicted molar refractivity (Wildman–Crippen MR) is 107 cm³/mol. The molecule has 0 N–H and O–H groups in total. The minimum absolute atomic E-state index is 0.0482. The van der Waals surface area contributed by atoms with Crippen molar-refractivity contribution in [3.63, 3.8) is 0 Å². The van der Waals surface area contributed by atoms with Crippen LogP contribution in [0.3, 0.4) is 0 Å². The molecule has 4 aromatic rings. The van der Waals surface area contributed by atoms with E-state index in [9.17, 15) is 9.59 Å². The average molecular weight is 361 g/mol. The Morgan fingerprint density at radius 3 is 2.23 bits per heavy atom. The van der Waals surface area contributed by atoms with E-state index < -0.39 is 0 Å². The molecule has 1 aromatic heterocycles. The largest absolute Gasteiger partial charge is 0.465 e. The number of esters is 1. The first kappa shape index (κ1) is 16.5. The van der Waals surface area contributed by atoms with Crippen molar-refractivity contribution in [2.45, 2.75) is 6.92 Å². The SMILES string of the molecule is COC(=O)c1ccc2c3cc(C(C)=O)ccc3[s+](-c3ccccc3)c2c1. The molecule has 0 saturated heterocycles. The van der Waals surface area contributed by atoms with Gasteiger partial charge in [-0.05, 0) is 49.4 Å². The monoisotopic (exact) mass is 361 g/mol. The molecule has 1 atom stereocenters. The first-order valence-electron chi connectivity index (χ1n) is 8.27. The second-order valence-electron chi connectivity index (χ2n) is 6.09. The Bertz CT molecular complexity index is 1160. The molecule has 4 rings (SSSR count). The predicted octanol–water partition coefficient (Wildman–Crippen LogP) is 5.72. The van der Waals surface area contributed by atoms with E-state index >= 15 is 0 Å². The molecule has 0 spiro atoms. The lowest BCUT2D eigenvalue weighted by Crippen LogP contribution is -2.00. The van der Waals surface area contributed by atoms with Crippen LogP contribution in [0.2, 0.25) is 0 Å². The van der Waals surface area contributed by atoms with Gasteiger partial charge < -0.3 is 4.74 Å². The average Bonchev–Trinajstić information content (AvgIpc) is 3.00. The van der Waals surface area contributed by atoms with Crippen molar-refractivity contribution in [3.8, 4) is 4.90 Å². The summed E-state index contributed by atoms with van der Waals surface area (Å²) in [5, 5.41) is 2.14. The number of methoxy groups -OCH3 is 1. The molecule has 0 aliphatic heterocycles. The van der Waals surface area contributed by atoms with Crippen LogP contribution in [0.4, 0.5) is 0 Å². The van der Waals surface area contributed by atoms with Gasteiger partial charge in [-0.1, -0.05) is 18.2 Å². The van der Waals surface area contributed by atoms with Crippen LogP contribution in [0, 0.1) is 0 Å². The molecule has 128 valence electrons. The molecule has 3 aromatic carbocycles. The summed E-state index contributed by atoms with van der Waals surface area (Å²) in [7, 11) is 1.08. The van der Waals surface area contributed by atoms with Gasteiger partial charge in [0.2, 0.25) is 0 Å². The van der Waals surface area contributed by atoms with Gasteiger partial charge in [0.05, 0.1) is 12.7 Å². The van der Waals surface area contributed by atoms with Crippen LogP contribution in [0.25, 0.3) is 25.1 Å². The van der Waals surface area contributed by atoms with Crippen molar-refractivity contribution in [2.75, 3.05) is 7.11 Å². The van der Waals surface area contributed by atoms with Gasteiger partial charge in [-0.15, -0.1) is 0 Å². The number of benzene rings is 3. The zero-order chi connectivity index (χ0) is 18.3. The fraction of sp³-hybridized carbons (Fsp3) is 0.0909. The summed E-state index contributed by atoms with van der Waals surface area (Å²) in [6, 6.07) is 21.8. The molecule has 0 aliphatic carbocycles. The number of hydrogen-bond acceptors (Lipinski definition) is 3. The van der Waals surface area contributed by atoms with Crippen LogP contribution < -0.4 is 0 Å². The molecular weight excluding hydrogens is 344 g/mol. The number of ketones is 1. The maximum atomic E-state index is 12.0. The standard InChI is InChI=1S/C22H17O3S/c1-14(23)15-9-11-20-19(12-15)18-10-8-16(22(24)25-2)13-21(18)26(20)17-6-4-3-5-7-17/h3-13H,1-2H3/q+1. The van der Waals surface area contributed by atoms with Gasteiger partial charge in [0.15, 0.2) is 20.1 Å². The highest BCUT2D eigenvalue weighted by atomic mass is 32.2. The molecule has 1 unspecified atom stereocenters. The van der Waals surface area contributed by atoms with Crippen LogP contribution in [-0.2, 0) is 4.74 Å². The summed E-state index contributed by atoms with van der Waals surface area (Å²) in [6.07, 6.45) is 0. The van der Waals surface area contributed by atoms with Gasteiger partial charge in [-0.3, -0.25) is 4.79 Å². The highest BCUT2D eigenvalue weighted by molar-refractivity contribution is 7.50. The Labute approximate surface area is 153 Å². The smallest absolute Gasteiger partial charge is 0.338 e. The molecule has 1 heterocycles. The number of carbonyl (C=O) groups is 2. The van der Waals surface area contributed by atoms with Gasteiger partial charge in [-0.2, -0.15) is 0 Å². The first-order valence-corrected chi connectivity index (χ1v) is 9.49. The van der Waals surface area contributed by atoms with Gasteiger partial charge in [0, 0.05) is 32.9 Å². The number of rotatable bonds is 3. The lowest BCUT2D eigenvalue weighted by Gasteiger charge is -1.98. The van der Waals surface area contributed by atoms with Crippen LogP contribution in [0.15, 0.2) is 66.7 Å². The lowest BCUT2D eigenvalue weighted by molar-refractivity contribution is 0.0601. The summed E-state index contributed by atoms with van der Waals surface area (Å²) in [4.78, 5) is 25.0. The van der Waals surface area contributed by atoms with Crippen LogP contribution in [-0.4, -0.2) is 18.9 Å². The highest BCUT2D eigenvalue weighted by Crippen LogP contribution is 2.48. The summed E-state index contributed by atoms with van der Waals surface area (Å²) >= 11 is 0. The fourth-order valence-corrected chi connectivity index (χ4v) is 5.63. The Morgan fingerprint density at radius 1 is 0.808 bits per heavy atom. The molecule has 0 amide bonds. The maximum absolute atomic E-state index is 12.0. The summed E-state index contributed by atoms with van der Waals surface area (Å²) in [5.41, 5.74) is 1.24. The summed E-state index contributed by atoms with van der Waals surface area (Å²) < 4.78 is 7.16. The third-order valence-electron chi connectivity index (χ3n) is 4.50. The zero-order valence-corrected chi connectivity index (χ0v) is 15.3. The molecule has 26 heavy (non-hydrogen) atoms. The van der Waals surface area contributed by atoms with Crippen molar-refractivity contribution in [1.82, 2.24) is 0 Å². The van der Waals surface area contributed by atoms with Crippen molar-refractivity contribution >= 4 is 42.4 Å². The number of fused-ring (bicyclic) bond motifs is 3. The van der Waals surface area contributed by atoms with E-state index in [4.69, 9.17) is 4.74 Å². The van der Waals surface area contributed by atoms with Crippen LogP contribution in [0.1, 0.15) is 27.6 Å².